The van der Waals surface area contributed by atoms with E-state index in [1.54, 1.807) is 12.5 Å². The number of furan rings is 1. The predicted molar refractivity (Wildman–Crippen MR) is 104 cm³/mol. The number of hydrogen-bond donors (Lipinski definition) is 0. The highest BCUT2D eigenvalue weighted by molar-refractivity contribution is 5.82. The van der Waals surface area contributed by atoms with Crippen LogP contribution in [-0.4, -0.2) is 14.4 Å². The van der Waals surface area contributed by atoms with Gasteiger partial charge in [-0.15, -0.1) is 0 Å². The molecule has 132 valence electrons. The normalized spacial score (nSPS) is 11.3. The molecule has 0 unspecified atom stereocenters. The van der Waals surface area contributed by atoms with Crippen LogP contribution in [0.3, 0.4) is 0 Å². The van der Waals surface area contributed by atoms with Crippen molar-refractivity contribution in [3.8, 4) is 22.9 Å². The van der Waals surface area contributed by atoms with E-state index in [2.05, 4.69) is 40.3 Å². The third kappa shape index (κ3) is 2.56. The quantitative estimate of drug-likeness (QED) is 0.426. The minimum atomic E-state index is 0.543. The number of imidazole rings is 1. The zero-order valence-electron chi connectivity index (χ0n) is 15.0. The van der Waals surface area contributed by atoms with Gasteiger partial charge in [-0.05, 0) is 61.4 Å². The number of aromatic nitrogens is 3. The second-order valence-corrected chi connectivity index (χ2v) is 6.55. The topological polar surface area (TPSA) is 52.6 Å². The third-order valence-electron chi connectivity index (χ3n) is 4.78. The first kappa shape index (κ1) is 15.6. The molecule has 0 amide bonds. The van der Waals surface area contributed by atoms with Crippen LogP contribution in [0.5, 0.6) is 11.6 Å². The van der Waals surface area contributed by atoms with Gasteiger partial charge in [0.2, 0.25) is 5.88 Å². The van der Waals surface area contributed by atoms with Gasteiger partial charge in [0.05, 0.1) is 17.3 Å². The first-order chi connectivity index (χ1) is 13.2. The fourth-order valence-electron chi connectivity index (χ4n) is 3.47. The molecule has 0 atom stereocenters. The molecule has 0 bridgehead atoms. The Balaban J connectivity index is 1.57. The van der Waals surface area contributed by atoms with E-state index in [0.717, 1.165) is 39.2 Å². The molecule has 27 heavy (non-hydrogen) atoms. The lowest BCUT2D eigenvalue weighted by atomic mass is 10.0. The highest BCUT2D eigenvalue weighted by atomic mass is 16.5. The van der Waals surface area contributed by atoms with E-state index in [4.69, 9.17) is 9.15 Å². The Labute approximate surface area is 155 Å². The molecule has 5 rings (SSSR count). The molecule has 0 saturated carbocycles. The maximum atomic E-state index is 6.03. The molecule has 5 heteroatoms. The second kappa shape index (κ2) is 5.99. The van der Waals surface area contributed by atoms with E-state index >= 15 is 0 Å². The van der Waals surface area contributed by atoms with Gasteiger partial charge in [0.1, 0.15) is 17.0 Å². The molecule has 0 saturated heterocycles. The molecule has 1 aromatic carbocycles. The van der Waals surface area contributed by atoms with Crippen molar-refractivity contribution in [2.45, 2.75) is 13.8 Å². The minimum Gasteiger partial charge on any atom is -0.464 e. The van der Waals surface area contributed by atoms with Crippen LogP contribution in [0.15, 0.2) is 71.7 Å². The van der Waals surface area contributed by atoms with Crippen molar-refractivity contribution < 1.29 is 9.15 Å². The third-order valence-corrected chi connectivity index (χ3v) is 4.78. The summed E-state index contributed by atoms with van der Waals surface area (Å²) >= 11 is 0. The van der Waals surface area contributed by atoms with Crippen molar-refractivity contribution in [1.82, 2.24) is 14.4 Å². The van der Waals surface area contributed by atoms with Crippen LogP contribution in [0.1, 0.15) is 11.1 Å². The smallest absolute Gasteiger partial charge is 0.230 e. The van der Waals surface area contributed by atoms with Gasteiger partial charge in [-0.25, -0.2) is 9.97 Å². The summed E-state index contributed by atoms with van der Waals surface area (Å²) in [6, 6.07) is 13.9. The maximum absolute atomic E-state index is 6.03. The summed E-state index contributed by atoms with van der Waals surface area (Å²) in [5.41, 5.74) is 6.31. The number of nitrogens with zero attached hydrogens (tertiary/aromatic N) is 3. The number of fused-ring (bicyclic) bond motifs is 2. The largest absolute Gasteiger partial charge is 0.464 e. The Kier molecular flexibility index (Phi) is 3.47. The molecule has 4 heterocycles. The predicted octanol–water partition coefficient (Wildman–Crippen LogP) is 5.55. The number of benzene rings is 1. The van der Waals surface area contributed by atoms with E-state index < -0.39 is 0 Å². The SMILES string of the molecule is Cc1cc(Oc2nccc3occc23)ccc1-c1c(C)ccc2nccn12. The lowest BCUT2D eigenvalue weighted by Crippen LogP contribution is -1.97. The molecule has 0 fully saturated rings. The second-order valence-electron chi connectivity index (χ2n) is 6.55. The summed E-state index contributed by atoms with van der Waals surface area (Å²) in [5, 5.41) is 0.859. The zero-order chi connectivity index (χ0) is 18.4. The number of ether oxygens (including phenoxy) is 1. The summed E-state index contributed by atoms with van der Waals surface area (Å²) in [6.07, 6.45) is 7.14. The van der Waals surface area contributed by atoms with Crippen LogP contribution in [0.25, 0.3) is 27.9 Å². The molecule has 0 aliphatic carbocycles. The summed E-state index contributed by atoms with van der Waals surface area (Å²) < 4.78 is 13.6. The van der Waals surface area contributed by atoms with Gasteiger partial charge < -0.3 is 9.15 Å². The number of aryl methyl sites for hydroxylation is 2. The molecular formula is C22H17N3O2. The van der Waals surface area contributed by atoms with E-state index in [-0.39, 0.29) is 0 Å². The summed E-state index contributed by atoms with van der Waals surface area (Å²) in [6.45, 7) is 4.20. The van der Waals surface area contributed by atoms with Gasteiger partial charge in [-0.1, -0.05) is 6.07 Å². The van der Waals surface area contributed by atoms with E-state index in [0.29, 0.717) is 5.88 Å². The number of hydrogen-bond acceptors (Lipinski definition) is 4. The maximum Gasteiger partial charge on any atom is 0.230 e. The lowest BCUT2D eigenvalue weighted by molar-refractivity contribution is 0.468. The van der Waals surface area contributed by atoms with Crippen LogP contribution in [-0.2, 0) is 0 Å². The summed E-state index contributed by atoms with van der Waals surface area (Å²) in [4.78, 5) is 8.73. The molecule has 0 spiro atoms. The molecule has 0 aliphatic heterocycles. The highest BCUT2D eigenvalue weighted by Gasteiger charge is 2.12. The van der Waals surface area contributed by atoms with Crippen LogP contribution in [0, 0.1) is 13.8 Å². The van der Waals surface area contributed by atoms with Crippen molar-refractivity contribution in [3.05, 3.63) is 78.4 Å². The summed E-state index contributed by atoms with van der Waals surface area (Å²) in [7, 11) is 0. The Morgan fingerprint density at radius 2 is 1.85 bits per heavy atom. The fraction of sp³-hybridized carbons (Fsp3) is 0.0909. The van der Waals surface area contributed by atoms with Gasteiger partial charge >= 0.3 is 0 Å². The van der Waals surface area contributed by atoms with Crippen molar-refractivity contribution >= 4 is 16.6 Å². The van der Waals surface area contributed by atoms with Crippen LogP contribution in [0.2, 0.25) is 0 Å². The standard InChI is InChI=1S/C22H17N3O2/c1-14-3-6-20-23-10-11-25(20)21(14)17-5-4-16(13-15(17)2)27-22-18-8-12-26-19(18)7-9-24-22/h3-13H,1-2H3. The fourth-order valence-corrected chi connectivity index (χ4v) is 3.47. The van der Waals surface area contributed by atoms with Gasteiger partial charge in [0.25, 0.3) is 0 Å². The van der Waals surface area contributed by atoms with Crippen molar-refractivity contribution in [2.75, 3.05) is 0 Å². The van der Waals surface area contributed by atoms with Gasteiger partial charge in [-0.3, -0.25) is 4.40 Å². The van der Waals surface area contributed by atoms with E-state index in [9.17, 15) is 0 Å². The van der Waals surface area contributed by atoms with Gasteiger partial charge in [-0.2, -0.15) is 0 Å². The Morgan fingerprint density at radius 3 is 2.74 bits per heavy atom. The molecule has 5 nitrogen and oxygen atoms in total. The first-order valence-electron chi connectivity index (χ1n) is 8.74. The average Bonchev–Trinajstić information content (AvgIpc) is 3.32. The van der Waals surface area contributed by atoms with Crippen LogP contribution < -0.4 is 4.74 Å². The molecular weight excluding hydrogens is 338 g/mol. The average molecular weight is 355 g/mol. The van der Waals surface area contributed by atoms with E-state index in [1.165, 1.54) is 5.56 Å². The summed E-state index contributed by atoms with van der Waals surface area (Å²) in [5.74, 6) is 1.29. The van der Waals surface area contributed by atoms with Crippen molar-refractivity contribution in [3.63, 3.8) is 0 Å². The highest BCUT2D eigenvalue weighted by Crippen LogP contribution is 2.33. The zero-order valence-corrected chi connectivity index (χ0v) is 15.0. The number of rotatable bonds is 3. The lowest BCUT2D eigenvalue weighted by Gasteiger charge is -2.14. The van der Waals surface area contributed by atoms with Crippen LogP contribution >= 0.6 is 0 Å². The number of pyridine rings is 2. The van der Waals surface area contributed by atoms with Crippen molar-refractivity contribution in [1.29, 1.82) is 0 Å². The van der Waals surface area contributed by atoms with Gasteiger partial charge in [0.15, 0.2) is 0 Å². The van der Waals surface area contributed by atoms with E-state index in [1.807, 2.05) is 42.7 Å². The Morgan fingerprint density at radius 1 is 0.926 bits per heavy atom. The molecule has 0 aliphatic rings. The Bertz CT molecular complexity index is 1280. The molecule has 4 aromatic heterocycles. The van der Waals surface area contributed by atoms with Crippen LogP contribution in [0.4, 0.5) is 0 Å². The first-order valence-corrected chi connectivity index (χ1v) is 8.74. The van der Waals surface area contributed by atoms with Crippen molar-refractivity contribution in [2.24, 2.45) is 0 Å². The Hall–Kier alpha value is -3.60. The molecule has 5 aromatic rings. The molecule has 0 N–H and O–H groups in total. The molecule has 0 radical (unpaired) electrons. The van der Waals surface area contributed by atoms with Gasteiger partial charge in [0, 0.05) is 24.2 Å². The minimum absolute atomic E-state index is 0.543. The monoisotopic (exact) mass is 355 g/mol.